The molecule has 0 spiro atoms. The minimum absolute atomic E-state index is 0.0639. The van der Waals surface area contributed by atoms with Gasteiger partial charge in [-0.2, -0.15) is 4.39 Å². The molecule has 270 valence electrons. The molecule has 6 rings (SSSR count). The Balaban J connectivity index is 1.22. The van der Waals surface area contributed by atoms with Crippen LogP contribution in [0.15, 0.2) is 91.3 Å². The number of hydrogen-bond acceptors (Lipinski definition) is 9. The molecule has 1 unspecified atom stereocenters. The Bertz CT molecular complexity index is 2040. The molecule has 0 bridgehead atoms. The lowest BCUT2D eigenvalue weighted by atomic mass is 10.0. The first-order valence-electron chi connectivity index (χ1n) is 16.9. The lowest BCUT2D eigenvalue weighted by molar-refractivity contribution is -0.118. The van der Waals surface area contributed by atoms with E-state index in [9.17, 15) is 19.8 Å². The van der Waals surface area contributed by atoms with Gasteiger partial charge in [-0.05, 0) is 48.7 Å². The number of rotatable bonds is 14. The summed E-state index contributed by atoms with van der Waals surface area (Å²) in [5, 5.41) is 21.4. The van der Waals surface area contributed by atoms with Gasteiger partial charge in [0.15, 0.2) is 11.5 Å². The van der Waals surface area contributed by atoms with Gasteiger partial charge in [-0.1, -0.05) is 48.5 Å². The van der Waals surface area contributed by atoms with Crippen molar-refractivity contribution in [2.45, 2.75) is 45.2 Å². The van der Waals surface area contributed by atoms with Gasteiger partial charge >= 0.3 is 0 Å². The molecule has 2 heterocycles. The van der Waals surface area contributed by atoms with Gasteiger partial charge in [0.2, 0.25) is 23.4 Å². The van der Waals surface area contributed by atoms with E-state index in [1.165, 1.54) is 12.1 Å². The Morgan fingerprint density at radius 2 is 1.58 bits per heavy atom. The quantitative estimate of drug-likeness (QED) is 0.0940. The third kappa shape index (κ3) is 8.37. The molecule has 1 aliphatic heterocycles. The van der Waals surface area contributed by atoms with Crippen LogP contribution < -0.4 is 31.0 Å². The second-order valence-electron chi connectivity index (χ2n) is 12.9. The summed E-state index contributed by atoms with van der Waals surface area (Å²) in [5.41, 5.74) is 15.8. The van der Waals surface area contributed by atoms with Crippen molar-refractivity contribution in [2.24, 2.45) is 11.5 Å². The highest BCUT2D eigenvalue weighted by molar-refractivity contribution is 5.76. The van der Waals surface area contributed by atoms with E-state index in [0.29, 0.717) is 60.7 Å². The number of aromatic hydroxyl groups is 2. The number of anilines is 2. The Labute approximate surface area is 300 Å². The number of amides is 2. The van der Waals surface area contributed by atoms with E-state index in [-0.39, 0.29) is 36.9 Å². The van der Waals surface area contributed by atoms with Crippen molar-refractivity contribution in [3.8, 4) is 23.0 Å². The number of carbonyl (C=O) groups is 2. The third-order valence-corrected chi connectivity index (χ3v) is 9.22. The molecule has 1 aromatic heterocycles. The molecule has 1 atom stereocenters. The SMILES string of the molecule is Cc1c(O)cc(N2CCN(c3ccccc3)CC2CCC(N)=O)cc1OOc1cc(Cn2cnc(Cc3ccccc3)c2CC(N)=O)cc(O)c1F. The maximum Gasteiger partial charge on any atom is 0.223 e. The van der Waals surface area contributed by atoms with Gasteiger partial charge in [-0.15, -0.1) is 0 Å². The smallest absolute Gasteiger partial charge is 0.223 e. The summed E-state index contributed by atoms with van der Waals surface area (Å²) < 4.78 is 16.9. The number of halogens is 1. The van der Waals surface area contributed by atoms with Gasteiger partial charge in [0.1, 0.15) is 5.75 Å². The molecule has 6 N–H and O–H groups in total. The number of primary amides is 2. The summed E-state index contributed by atoms with van der Waals surface area (Å²) in [6.45, 7) is 3.62. The van der Waals surface area contributed by atoms with E-state index in [1.54, 1.807) is 30.0 Å². The van der Waals surface area contributed by atoms with E-state index in [0.717, 1.165) is 11.3 Å². The van der Waals surface area contributed by atoms with Crippen molar-refractivity contribution in [3.05, 3.63) is 125 Å². The van der Waals surface area contributed by atoms with Crippen LogP contribution in [-0.4, -0.2) is 57.3 Å². The topological polar surface area (TPSA) is 169 Å². The van der Waals surface area contributed by atoms with Crippen molar-refractivity contribution >= 4 is 23.2 Å². The lowest BCUT2D eigenvalue weighted by Gasteiger charge is -2.44. The third-order valence-electron chi connectivity index (χ3n) is 9.22. The van der Waals surface area contributed by atoms with Crippen molar-refractivity contribution in [3.63, 3.8) is 0 Å². The fraction of sp³-hybridized carbons (Fsp3) is 0.256. The molecular weight excluding hydrogens is 667 g/mol. The number of nitrogens with two attached hydrogens (primary N) is 2. The number of carbonyl (C=O) groups excluding carboxylic acids is 2. The van der Waals surface area contributed by atoms with Crippen molar-refractivity contribution in [1.29, 1.82) is 0 Å². The molecule has 0 saturated carbocycles. The maximum atomic E-state index is 15.2. The average Bonchev–Trinajstić information content (AvgIpc) is 3.49. The monoisotopic (exact) mass is 708 g/mol. The molecule has 1 aliphatic rings. The Morgan fingerprint density at radius 3 is 2.29 bits per heavy atom. The number of aromatic nitrogens is 2. The zero-order valence-electron chi connectivity index (χ0n) is 28.7. The minimum Gasteiger partial charge on any atom is -0.507 e. The number of phenols is 2. The zero-order chi connectivity index (χ0) is 36.8. The molecule has 52 heavy (non-hydrogen) atoms. The van der Waals surface area contributed by atoms with Crippen LogP contribution in [0, 0.1) is 12.7 Å². The van der Waals surface area contributed by atoms with Crippen LogP contribution >= 0.6 is 0 Å². The summed E-state index contributed by atoms with van der Waals surface area (Å²) in [7, 11) is 0. The minimum atomic E-state index is -1.04. The van der Waals surface area contributed by atoms with Crippen LogP contribution in [0.3, 0.4) is 0 Å². The Hall–Kier alpha value is -6.24. The predicted octanol–water partition coefficient (Wildman–Crippen LogP) is 4.74. The normalized spacial score (nSPS) is 14.3. The summed E-state index contributed by atoms with van der Waals surface area (Å²) in [6.07, 6.45) is 2.66. The fourth-order valence-electron chi connectivity index (χ4n) is 6.50. The van der Waals surface area contributed by atoms with Crippen molar-refractivity contribution in [1.82, 2.24) is 9.55 Å². The number of phenolic OH excluding ortho intramolecular Hbond substituents is 2. The highest BCUT2D eigenvalue weighted by Gasteiger charge is 2.29. The standard InChI is InChI=1S/C39H41FN6O6/c1-25-33(47)19-30(46-15-14-44(28-10-6-3-7-11-28)23-29(46)12-13-37(41)49)20-35(25)51-52-36-18-27(17-34(48)39(36)40)22-45-24-43-31(32(45)21-38(42)50)16-26-8-4-2-5-9-26/h2-11,17-20,24,29,47-48H,12-16,21-23H2,1H3,(H2,41,49)(H2,42,50). The highest BCUT2D eigenvalue weighted by Crippen LogP contribution is 2.37. The van der Waals surface area contributed by atoms with Crippen LogP contribution in [0.1, 0.15) is 40.9 Å². The van der Waals surface area contributed by atoms with E-state index in [1.807, 2.05) is 60.7 Å². The second kappa shape index (κ2) is 15.8. The second-order valence-corrected chi connectivity index (χ2v) is 12.9. The van der Waals surface area contributed by atoms with E-state index < -0.39 is 29.1 Å². The molecule has 1 saturated heterocycles. The van der Waals surface area contributed by atoms with Gasteiger partial charge in [0.05, 0.1) is 24.1 Å². The molecule has 0 radical (unpaired) electrons. The van der Waals surface area contributed by atoms with Crippen molar-refractivity contribution in [2.75, 3.05) is 29.4 Å². The molecule has 2 amide bonds. The first-order valence-corrected chi connectivity index (χ1v) is 16.9. The van der Waals surface area contributed by atoms with Gasteiger partial charge < -0.3 is 36.0 Å². The lowest BCUT2D eigenvalue weighted by Crippen LogP contribution is -2.53. The van der Waals surface area contributed by atoms with Crippen LogP contribution in [0.2, 0.25) is 0 Å². The average molecular weight is 709 g/mol. The first kappa shape index (κ1) is 35.6. The predicted molar refractivity (Wildman–Crippen MR) is 194 cm³/mol. The number of benzene rings is 4. The number of hydrogen-bond donors (Lipinski definition) is 4. The highest BCUT2D eigenvalue weighted by atomic mass is 19.1. The number of imidazole rings is 1. The number of nitrogens with zero attached hydrogens (tertiary/aromatic N) is 4. The number of piperazine rings is 1. The molecule has 4 aromatic carbocycles. The van der Waals surface area contributed by atoms with Crippen LogP contribution in [-0.2, 0) is 29.0 Å². The summed E-state index contributed by atoms with van der Waals surface area (Å²) >= 11 is 0. The van der Waals surface area contributed by atoms with Gasteiger partial charge in [0, 0.05) is 74.1 Å². The Morgan fingerprint density at radius 1 is 0.865 bits per heavy atom. The fourth-order valence-corrected chi connectivity index (χ4v) is 6.50. The zero-order valence-corrected chi connectivity index (χ0v) is 28.7. The van der Waals surface area contributed by atoms with Crippen LogP contribution in [0.5, 0.6) is 23.0 Å². The molecule has 1 fully saturated rings. The summed E-state index contributed by atoms with van der Waals surface area (Å²) in [5.74, 6) is -2.98. The summed E-state index contributed by atoms with van der Waals surface area (Å²) in [6, 6.07) is 25.4. The first-order chi connectivity index (χ1) is 25.0. The van der Waals surface area contributed by atoms with E-state index in [4.69, 9.17) is 21.2 Å². The summed E-state index contributed by atoms with van der Waals surface area (Å²) in [4.78, 5) is 43.7. The van der Waals surface area contributed by atoms with E-state index >= 15 is 4.39 Å². The van der Waals surface area contributed by atoms with Gasteiger partial charge in [-0.3, -0.25) is 19.4 Å². The van der Waals surface area contributed by atoms with E-state index in [2.05, 4.69) is 14.8 Å². The Kier molecular flexibility index (Phi) is 10.8. The van der Waals surface area contributed by atoms with Crippen LogP contribution in [0.4, 0.5) is 15.8 Å². The molecule has 5 aromatic rings. The molecular formula is C39H41FN6O6. The van der Waals surface area contributed by atoms with Crippen LogP contribution in [0.25, 0.3) is 0 Å². The maximum absolute atomic E-state index is 15.2. The van der Waals surface area contributed by atoms with Crippen molar-refractivity contribution < 1.29 is 34.0 Å². The largest absolute Gasteiger partial charge is 0.507 e. The van der Waals surface area contributed by atoms with Gasteiger partial charge in [-0.25, -0.2) is 4.98 Å². The number of para-hydroxylation sites is 1. The molecule has 0 aliphatic carbocycles. The molecule has 12 nitrogen and oxygen atoms in total. The molecule has 13 heteroatoms. The van der Waals surface area contributed by atoms with Gasteiger partial charge in [0.25, 0.3) is 0 Å².